The first-order valence-electron chi connectivity index (χ1n) is 12.5. The molecule has 2 atom stereocenters. The van der Waals surface area contributed by atoms with Gasteiger partial charge in [0.25, 0.3) is 5.56 Å². The fraction of sp³-hybridized carbons (Fsp3) is 0.464. The van der Waals surface area contributed by atoms with Crippen molar-refractivity contribution in [2.24, 2.45) is 5.73 Å². The number of hydrogen-bond acceptors (Lipinski definition) is 6. The van der Waals surface area contributed by atoms with Gasteiger partial charge in [0.1, 0.15) is 12.4 Å². The lowest BCUT2D eigenvalue weighted by Crippen LogP contribution is -2.49. The van der Waals surface area contributed by atoms with E-state index < -0.39 is 17.2 Å². The SMILES string of the molecule is CC[C@@]1(OC(C)(C)C)C(=O)OCc2c1cc1n(c2=O)Cc2c-1nc1cc(F)c(C)c3c1c2[C@@H](N)CC3. The molecule has 0 unspecified atom stereocenters. The van der Waals surface area contributed by atoms with Gasteiger partial charge >= 0.3 is 5.97 Å². The van der Waals surface area contributed by atoms with Crippen LogP contribution in [-0.4, -0.2) is 21.1 Å². The van der Waals surface area contributed by atoms with Crippen molar-refractivity contribution in [1.29, 1.82) is 0 Å². The van der Waals surface area contributed by atoms with Crippen LogP contribution in [0.15, 0.2) is 16.9 Å². The molecule has 0 bridgehead atoms. The Balaban J connectivity index is 1.66. The van der Waals surface area contributed by atoms with Crippen LogP contribution in [-0.2, 0) is 39.4 Å². The smallest absolute Gasteiger partial charge is 0.343 e. The maximum Gasteiger partial charge on any atom is 0.343 e. The molecule has 0 amide bonds. The Morgan fingerprint density at radius 3 is 2.69 bits per heavy atom. The molecule has 3 aromatic rings. The number of cyclic esters (lactones) is 1. The first kappa shape index (κ1) is 23.3. The molecule has 2 aromatic heterocycles. The van der Waals surface area contributed by atoms with Crippen molar-refractivity contribution in [3.63, 3.8) is 0 Å². The van der Waals surface area contributed by atoms with E-state index in [9.17, 15) is 14.0 Å². The molecule has 1 aromatic carbocycles. The second kappa shape index (κ2) is 7.46. The lowest BCUT2D eigenvalue weighted by atomic mass is 9.82. The number of esters is 1. The van der Waals surface area contributed by atoms with Gasteiger partial charge in [0.05, 0.1) is 34.6 Å². The number of aryl methyl sites for hydroxylation is 1. The predicted molar refractivity (Wildman–Crippen MR) is 133 cm³/mol. The standard InChI is InChI=1S/C28H30FN3O4/c1-6-28(36-27(3,4)5)17-9-21-24-15(11-32(21)25(33)16(17)12-35-26(28)34)22-19(30)8-7-14-13(2)18(29)10-20(31-24)23(14)22/h9-10,19H,6-8,11-12,30H2,1-5H3/t19-,28-/m0/s1. The number of ether oxygens (including phenoxy) is 2. The quantitative estimate of drug-likeness (QED) is 0.420. The van der Waals surface area contributed by atoms with Gasteiger partial charge in [0.2, 0.25) is 0 Å². The van der Waals surface area contributed by atoms with Gasteiger partial charge in [-0.15, -0.1) is 0 Å². The number of carbonyl (C=O) groups excluding carboxylic acids is 1. The van der Waals surface area contributed by atoms with Gasteiger partial charge in [-0.3, -0.25) is 4.79 Å². The zero-order valence-electron chi connectivity index (χ0n) is 21.3. The van der Waals surface area contributed by atoms with Crippen LogP contribution >= 0.6 is 0 Å². The summed E-state index contributed by atoms with van der Waals surface area (Å²) in [7, 11) is 0. The van der Waals surface area contributed by atoms with Crippen LogP contribution in [0.2, 0.25) is 0 Å². The van der Waals surface area contributed by atoms with Crippen molar-refractivity contribution in [3.05, 3.63) is 61.7 Å². The van der Waals surface area contributed by atoms with E-state index in [1.54, 1.807) is 11.5 Å². The first-order chi connectivity index (χ1) is 17.0. The fourth-order valence-corrected chi connectivity index (χ4v) is 6.27. The molecular weight excluding hydrogens is 461 g/mol. The summed E-state index contributed by atoms with van der Waals surface area (Å²) >= 11 is 0. The molecule has 36 heavy (non-hydrogen) atoms. The summed E-state index contributed by atoms with van der Waals surface area (Å²) in [6.07, 6.45) is 1.70. The monoisotopic (exact) mass is 491 g/mol. The summed E-state index contributed by atoms with van der Waals surface area (Å²) in [6.45, 7) is 9.48. The highest BCUT2D eigenvalue weighted by Gasteiger charge is 2.50. The number of carbonyl (C=O) groups is 1. The van der Waals surface area contributed by atoms with E-state index in [-0.39, 0.29) is 24.0 Å². The predicted octanol–water partition coefficient (Wildman–Crippen LogP) is 4.30. The molecule has 0 spiro atoms. The molecule has 1 aliphatic carbocycles. The summed E-state index contributed by atoms with van der Waals surface area (Å²) in [4.78, 5) is 31.8. The van der Waals surface area contributed by atoms with E-state index >= 15 is 0 Å². The highest BCUT2D eigenvalue weighted by molar-refractivity contribution is 5.93. The first-order valence-corrected chi connectivity index (χ1v) is 12.5. The number of nitrogens with zero attached hydrogens (tertiary/aromatic N) is 2. The van der Waals surface area contributed by atoms with Gasteiger partial charge in [-0.1, -0.05) is 6.92 Å². The Kier molecular flexibility index (Phi) is 4.83. The average Bonchev–Trinajstić information content (AvgIpc) is 3.18. The molecule has 4 heterocycles. The summed E-state index contributed by atoms with van der Waals surface area (Å²) in [5.74, 6) is -0.792. The van der Waals surface area contributed by atoms with Crippen molar-refractivity contribution in [1.82, 2.24) is 9.55 Å². The minimum absolute atomic E-state index is 0.102. The molecule has 0 fully saturated rings. The highest BCUT2D eigenvalue weighted by Crippen LogP contribution is 2.46. The van der Waals surface area contributed by atoms with E-state index in [1.807, 2.05) is 33.8 Å². The van der Waals surface area contributed by atoms with Crippen LogP contribution < -0.4 is 11.3 Å². The van der Waals surface area contributed by atoms with Crippen molar-refractivity contribution in [3.8, 4) is 11.4 Å². The Morgan fingerprint density at radius 1 is 1.25 bits per heavy atom. The molecule has 0 radical (unpaired) electrons. The molecule has 188 valence electrons. The Bertz CT molecular complexity index is 1550. The van der Waals surface area contributed by atoms with Crippen LogP contribution in [0.1, 0.15) is 80.0 Å². The minimum atomic E-state index is -1.40. The second-order valence-corrected chi connectivity index (χ2v) is 11.1. The number of fused-ring (bicyclic) bond motifs is 5. The minimum Gasteiger partial charge on any atom is -0.458 e. The molecule has 2 aliphatic heterocycles. The molecular formula is C28H30FN3O4. The van der Waals surface area contributed by atoms with E-state index in [0.717, 1.165) is 22.1 Å². The Morgan fingerprint density at radius 2 is 2.00 bits per heavy atom. The third kappa shape index (κ3) is 3.00. The Hall–Kier alpha value is -3.10. The van der Waals surface area contributed by atoms with Crippen LogP contribution in [0.25, 0.3) is 22.3 Å². The molecule has 0 saturated heterocycles. The Labute approximate surface area is 208 Å². The molecule has 8 heteroatoms. The van der Waals surface area contributed by atoms with Crippen molar-refractivity contribution in [2.45, 2.75) is 84.3 Å². The van der Waals surface area contributed by atoms with Crippen molar-refractivity contribution >= 4 is 16.9 Å². The normalized spacial score (nSPS) is 22.3. The third-order valence-corrected chi connectivity index (χ3v) is 7.87. The number of hydrogen-bond donors (Lipinski definition) is 1. The summed E-state index contributed by atoms with van der Waals surface area (Å²) < 4.78 is 28.3. The van der Waals surface area contributed by atoms with E-state index in [2.05, 4.69) is 0 Å². The topological polar surface area (TPSA) is 96.4 Å². The van der Waals surface area contributed by atoms with Gasteiger partial charge < -0.3 is 19.8 Å². The lowest BCUT2D eigenvalue weighted by Gasteiger charge is -2.40. The molecule has 0 saturated carbocycles. The number of halogens is 1. The maximum atomic E-state index is 14.8. The largest absolute Gasteiger partial charge is 0.458 e. The molecule has 3 aliphatic rings. The number of nitrogens with two attached hydrogens (primary N) is 1. The zero-order valence-corrected chi connectivity index (χ0v) is 21.3. The molecule has 2 N–H and O–H groups in total. The van der Waals surface area contributed by atoms with Gasteiger partial charge in [0, 0.05) is 28.6 Å². The van der Waals surface area contributed by atoms with Crippen LogP contribution in [0, 0.1) is 12.7 Å². The summed E-state index contributed by atoms with van der Waals surface area (Å²) in [6, 6.07) is 3.08. The van der Waals surface area contributed by atoms with E-state index in [0.29, 0.717) is 59.4 Å². The molecule has 7 nitrogen and oxygen atoms in total. The summed E-state index contributed by atoms with van der Waals surface area (Å²) in [5, 5.41) is 0.912. The number of pyridine rings is 2. The van der Waals surface area contributed by atoms with Crippen LogP contribution in [0.3, 0.4) is 0 Å². The second-order valence-electron chi connectivity index (χ2n) is 11.1. The average molecular weight is 492 g/mol. The lowest BCUT2D eigenvalue weighted by molar-refractivity contribution is -0.200. The molecule has 6 rings (SSSR count). The van der Waals surface area contributed by atoms with Gasteiger partial charge in [-0.25, -0.2) is 14.2 Å². The number of rotatable bonds is 2. The maximum absolute atomic E-state index is 14.8. The summed E-state index contributed by atoms with van der Waals surface area (Å²) in [5.41, 5.74) is 10.4. The number of benzene rings is 1. The number of aromatic nitrogens is 2. The highest BCUT2D eigenvalue weighted by atomic mass is 19.1. The zero-order chi connectivity index (χ0) is 25.7. The fourth-order valence-electron chi connectivity index (χ4n) is 6.27. The van der Waals surface area contributed by atoms with Gasteiger partial charge in [0.15, 0.2) is 5.60 Å². The van der Waals surface area contributed by atoms with E-state index in [4.69, 9.17) is 20.2 Å². The van der Waals surface area contributed by atoms with E-state index in [1.165, 1.54) is 6.07 Å². The van der Waals surface area contributed by atoms with Gasteiger partial charge in [-0.05, 0) is 69.7 Å². The van der Waals surface area contributed by atoms with Crippen molar-refractivity contribution < 1.29 is 18.7 Å². The third-order valence-electron chi connectivity index (χ3n) is 7.87. The van der Waals surface area contributed by atoms with Crippen LogP contribution in [0.5, 0.6) is 0 Å². The van der Waals surface area contributed by atoms with Crippen LogP contribution in [0.4, 0.5) is 4.39 Å². The van der Waals surface area contributed by atoms with Gasteiger partial charge in [-0.2, -0.15) is 0 Å². The van der Waals surface area contributed by atoms with Crippen molar-refractivity contribution in [2.75, 3.05) is 0 Å².